The Balaban J connectivity index is 1.45. The molecule has 0 bridgehead atoms. The van der Waals surface area contributed by atoms with E-state index in [1.807, 2.05) is 0 Å². The second-order valence-corrected chi connectivity index (χ2v) is 12.1. The van der Waals surface area contributed by atoms with Crippen molar-refractivity contribution >= 4 is 21.5 Å². The smallest absolute Gasteiger partial charge is 0.0728 e. The van der Waals surface area contributed by atoms with Gasteiger partial charge in [0.05, 0.1) is 5.41 Å². The summed E-state index contributed by atoms with van der Waals surface area (Å²) in [4.78, 5) is 0. The molecule has 0 fully saturated rings. The van der Waals surface area contributed by atoms with Gasteiger partial charge in [-0.1, -0.05) is 150 Å². The molecule has 0 saturated heterocycles. The lowest BCUT2D eigenvalue weighted by Gasteiger charge is -2.38. The number of rotatable bonds is 2. The van der Waals surface area contributed by atoms with Crippen LogP contribution < -0.4 is 0 Å². The lowest BCUT2D eigenvalue weighted by Crippen LogP contribution is -2.32. The van der Waals surface area contributed by atoms with E-state index >= 15 is 0 Å². The lowest BCUT2D eigenvalue weighted by atomic mass is 9.64. The second-order valence-electron chi connectivity index (χ2n) is 11.2. The summed E-state index contributed by atoms with van der Waals surface area (Å²) >= 11 is 3.95. The Kier molecular flexibility index (Phi) is 4.88. The summed E-state index contributed by atoms with van der Waals surface area (Å²) < 4.78 is 1.16. The minimum atomic E-state index is -0.358. The molecule has 0 aromatic heterocycles. The first-order valence-electron chi connectivity index (χ1n) is 13.7. The van der Waals surface area contributed by atoms with Crippen molar-refractivity contribution < 1.29 is 0 Å². The van der Waals surface area contributed by atoms with Crippen LogP contribution in [0.15, 0.2) is 138 Å². The molecule has 0 nitrogen and oxygen atoms in total. The topological polar surface area (TPSA) is 0 Å². The first-order valence-corrected chi connectivity index (χ1v) is 14.5. The summed E-state index contributed by atoms with van der Waals surface area (Å²) in [5, 5.41) is 0. The Morgan fingerprint density at radius 2 is 1.21 bits per heavy atom. The lowest BCUT2D eigenvalue weighted by molar-refractivity contribution is 0.591. The third-order valence-electron chi connectivity index (χ3n) is 9.16. The van der Waals surface area contributed by atoms with Crippen LogP contribution in [0.4, 0.5) is 0 Å². The Hall–Kier alpha value is -3.94. The van der Waals surface area contributed by atoms with Gasteiger partial charge < -0.3 is 0 Å². The van der Waals surface area contributed by atoms with Gasteiger partial charge in [0, 0.05) is 15.5 Å². The summed E-state index contributed by atoms with van der Waals surface area (Å²) in [6.07, 6.45) is 7.95. The molecule has 1 heteroatoms. The monoisotopic (exact) mass is 562 g/mol. The number of allylic oxidation sites excluding steroid dienone is 4. The average molecular weight is 564 g/mol. The third-order valence-corrected chi connectivity index (χ3v) is 9.82. The van der Waals surface area contributed by atoms with Gasteiger partial charge in [-0.2, -0.15) is 0 Å². The average Bonchev–Trinajstić information content (AvgIpc) is 3.46. The molecule has 3 aliphatic carbocycles. The van der Waals surface area contributed by atoms with Crippen molar-refractivity contribution in [3.8, 4) is 22.3 Å². The fourth-order valence-corrected chi connectivity index (χ4v) is 8.18. The predicted molar refractivity (Wildman–Crippen MR) is 166 cm³/mol. The molecule has 0 heterocycles. The van der Waals surface area contributed by atoms with Crippen LogP contribution in [0, 0.1) is 0 Å². The molecule has 39 heavy (non-hydrogen) atoms. The molecule has 186 valence electrons. The molecule has 0 amide bonds. The fourth-order valence-electron chi connectivity index (χ4n) is 7.61. The van der Waals surface area contributed by atoms with Crippen LogP contribution in [0.5, 0.6) is 0 Å². The minimum absolute atomic E-state index is 0.149. The van der Waals surface area contributed by atoms with E-state index in [0.29, 0.717) is 0 Å². The predicted octanol–water partition coefficient (Wildman–Crippen LogP) is 10.1. The van der Waals surface area contributed by atoms with Crippen molar-refractivity contribution in [2.24, 2.45) is 0 Å². The number of fused-ring (bicyclic) bond motifs is 10. The summed E-state index contributed by atoms with van der Waals surface area (Å²) in [5.74, 6) is 0. The van der Waals surface area contributed by atoms with E-state index in [1.54, 1.807) is 0 Å². The number of halogens is 1. The SMILES string of the molecule is CC1(c2cccc3c2C2(c4ccccc4-3)c3ccccc3-c3c(Br)cccc32)C=CC=C(c2ccccc2)C1. The van der Waals surface area contributed by atoms with Gasteiger partial charge in [-0.15, -0.1) is 0 Å². The van der Waals surface area contributed by atoms with Gasteiger partial charge >= 0.3 is 0 Å². The van der Waals surface area contributed by atoms with Crippen LogP contribution >= 0.6 is 15.9 Å². The molecule has 2 unspecified atom stereocenters. The Bertz CT molecular complexity index is 1860. The standard InChI is InChI=1S/C38H27Br/c1-37(23-11-14-26(24-37)25-12-3-2-4-13-25)33-21-9-17-28-27-15-5-7-18-30(27)38(36(28)33)31-19-8-6-16-29(31)35-32(38)20-10-22-34(35)39/h2-23H,24H2,1H3. The Labute approximate surface area is 238 Å². The van der Waals surface area contributed by atoms with Gasteiger partial charge in [0.15, 0.2) is 0 Å². The van der Waals surface area contributed by atoms with E-state index in [9.17, 15) is 0 Å². The zero-order valence-electron chi connectivity index (χ0n) is 21.8. The fraction of sp³-hybridized carbons (Fsp3) is 0.105. The maximum atomic E-state index is 3.95. The largest absolute Gasteiger partial charge is 0.0739 e. The highest BCUT2D eigenvalue weighted by atomic mass is 79.9. The van der Waals surface area contributed by atoms with Crippen LogP contribution in [0.1, 0.15) is 46.7 Å². The highest BCUT2D eigenvalue weighted by molar-refractivity contribution is 9.10. The highest BCUT2D eigenvalue weighted by Gasteiger charge is 2.54. The van der Waals surface area contributed by atoms with Gasteiger partial charge in [-0.3, -0.25) is 0 Å². The van der Waals surface area contributed by atoms with Crippen molar-refractivity contribution in [3.63, 3.8) is 0 Å². The normalized spacial score (nSPS) is 21.7. The van der Waals surface area contributed by atoms with Crippen molar-refractivity contribution in [1.29, 1.82) is 0 Å². The van der Waals surface area contributed by atoms with E-state index in [2.05, 4.69) is 156 Å². The molecule has 3 aliphatic rings. The minimum Gasteiger partial charge on any atom is -0.0739 e. The third kappa shape index (κ3) is 3.00. The highest BCUT2D eigenvalue weighted by Crippen LogP contribution is 2.65. The molecule has 5 aromatic rings. The Morgan fingerprint density at radius 3 is 2.03 bits per heavy atom. The van der Waals surface area contributed by atoms with Crippen molar-refractivity contribution in [1.82, 2.24) is 0 Å². The summed E-state index contributed by atoms with van der Waals surface area (Å²) in [6.45, 7) is 2.43. The van der Waals surface area contributed by atoms with E-state index in [0.717, 1.165) is 10.9 Å². The molecule has 0 aliphatic heterocycles. The number of hydrogen-bond acceptors (Lipinski definition) is 0. The molecule has 2 atom stereocenters. The zero-order valence-corrected chi connectivity index (χ0v) is 23.4. The van der Waals surface area contributed by atoms with Crippen LogP contribution in [-0.2, 0) is 10.8 Å². The maximum absolute atomic E-state index is 3.95. The van der Waals surface area contributed by atoms with Crippen LogP contribution in [0.25, 0.3) is 27.8 Å². The first kappa shape index (κ1) is 23.0. The second kappa shape index (κ2) is 8.28. The van der Waals surface area contributed by atoms with Crippen molar-refractivity contribution in [3.05, 3.63) is 171 Å². The molecule has 0 saturated carbocycles. The van der Waals surface area contributed by atoms with Crippen LogP contribution in [0.3, 0.4) is 0 Å². The zero-order chi connectivity index (χ0) is 26.2. The van der Waals surface area contributed by atoms with Gasteiger partial charge in [-0.05, 0) is 68.1 Å². The van der Waals surface area contributed by atoms with Gasteiger partial charge in [-0.25, -0.2) is 0 Å². The molecular weight excluding hydrogens is 536 g/mol. The summed E-state index contributed by atoms with van der Waals surface area (Å²) in [6, 6.07) is 42.7. The molecule has 5 aromatic carbocycles. The number of hydrogen-bond donors (Lipinski definition) is 0. The Morgan fingerprint density at radius 1 is 0.590 bits per heavy atom. The van der Waals surface area contributed by atoms with Gasteiger partial charge in [0.1, 0.15) is 0 Å². The summed E-state index contributed by atoms with van der Waals surface area (Å²) in [7, 11) is 0. The summed E-state index contributed by atoms with van der Waals surface area (Å²) in [5.41, 5.74) is 14.5. The van der Waals surface area contributed by atoms with E-state index < -0.39 is 0 Å². The maximum Gasteiger partial charge on any atom is 0.0728 e. The van der Waals surface area contributed by atoms with E-state index in [4.69, 9.17) is 0 Å². The van der Waals surface area contributed by atoms with Crippen molar-refractivity contribution in [2.45, 2.75) is 24.2 Å². The van der Waals surface area contributed by atoms with E-state index in [-0.39, 0.29) is 10.8 Å². The van der Waals surface area contributed by atoms with Crippen molar-refractivity contribution in [2.75, 3.05) is 0 Å². The number of benzene rings is 5. The molecule has 8 rings (SSSR count). The molecule has 1 spiro atoms. The quantitative estimate of drug-likeness (QED) is 0.196. The van der Waals surface area contributed by atoms with E-state index in [1.165, 1.54) is 61.2 Å². The molecular formula is C38H27Br. The first-order chi connectivity index (χ1) is 19.1. The molecule has 0 N–H and O–H groups in total. The molecule has 0 radical (unpaired) electrons. The van der Waals surface area contributed by atoms with Gasteiger partial charge in [0.25, 0.3) is 0 Å². The van der Waals surface area contributed by atoms with Crippen LogP contribution in [0.2, 0.25) is 0 Å². The van der Waals surface area contributed by atoms with Gasteiger partial charge in [0.2, 0.25) is 0 Å². The van der Waals surface area contributed by atoms with Crippen LogP contribution in [-0.4, -0.2) is 0 Å².